The summed E-state index contributed by atoms with van der Waals surface area (Å²) < 4.78 is 11.7. The van der Waals surface area contributed by atoms with Crippen LogP contribution in [0.15, 0.2) is 94.4 Å². The SMILES string of the molecule is CC(C#CC1=C(C)CC(O)CC1(C)C)=CC=CC=CC=C(C)C=C1C=C(CC=CC23OC2(C)CC(O)CC3(C)C)C(=O)O1. The number of hydrogen-bond acceptors (Lipinski definition) is 5. The second-order valence-corrected chi connectivity index (χ2v) is 14.1. The van der Waals surface area contributed by atoms with Crippen LogP contribution >= 0.6 is 0 Å². The van der Waals surface area contributed by atoms with Gasteiger partial charge in [-0.2, -0.15) is 0 Å². The molecule has 0 radical (unpaired) electrons. The molecule has 2 aliphatic heterocycles. The molecule has 4 aliphatic rings. The minimum absolute atomic E-state index is 0.107. The fraction of sp³-hybridized carbons (Fsp3) is 0.500. The highest BCUT2D eigenvalue weighted by Gasteiger charge is 2.74. The number of aliphatic hydroxyl groups is 2. The van der Waals surface area contributed by atoms with Crippen LogP contribution in [0, 0.1) is 22.7 Å². The van der Waals surface area contributed by atoms with Crippen molar-refractivity contribution < 1.29 is 24.5 Å². The predicted molar refractivity (Wildman–Crippen MR) is 173 cm³/mol. The van der Waals surface area contributed by atoms with Crippen LogP contribution in [-0.4, -0.2) is 39.6 Å². The largest absolute Gasteiger partial charge is 0.423 e. The van der Waals surface area contributed by atoms with Gasteiger partial charge in [-0.3, -0.25) is 0 Å². The summed E-state index contributed by atoms with van der Waals surface area (Å²) in [5, 5.41) is 20.3. The van der Waals surface area contributed by atoms with Gasteiger partial charge in [-0.25, -0.2) is 4.79 Å². The maximum atomic E-state index is 12.5. The van der Waals surface area contributed by atoms with Gasteiger partial charge in [-0.1, -0.05) is 93.7 Å². The molecule has 4 atom stereocenters. The van der Waals surface area contributed by atoms with Gasteiger partial charge in [-0.15, -0.1) is 0 Å². The zero-order chi connectivity index (χ0) is 31.6. The predicted octanol–water partition coefficient (Wildman–Crippen LogP) is 7.51. The first-order valence-electron chi connectivity index (χ1n) is 15.4. The topological polar surface area (TPSA) is 79.3 Å². The quantitative estimate of drug-likeness (QED) is 0.106. The van der Waals surface area contributed by atoms with E-state index in [9.17, 15) is 15.0 Å². The first-order chi connectivity index (χ1) is 20.1. The Hall–Kier alpha value is -3.17. The number of carbonyl (C=O) groups is 1. The van der Waals surface area contributed by atoms with E-state index < -0.39 is 5.60 Å². The molecule has 5 nitrogen and oxygen atoms in total. The minimum atomic E-state index is -0.405. The molecule has 4 rings (SSSR count). The van der Waals surface area contributed by atoms with Gasteiger partial charge in [0.05, 0.1) is 12.2 Å². The number of fused-ring (bicyclic) bond motifs is 1. The zero-order valence-corrected chi connectivity index (χ0v) is 27.1. The molecule has 0 amide bonds. The summed E-state index contributed by atoms with van der Waals surface area (Å²) in [7, 11) is 0. The lowest BCUT2D eigenvalue weighted by molar-refractivity contribution is -0.133. The van der Waals surface area contributed by atoms with Crippen molar-refractivity contribution in [2.24, 2.45) is 10.8 Å². The average Bonchev–Trinajstić information content (AvgIpc) is 3.34. The van der Waals surface area contributed by atoms with E-state index in [1.807, 2.05) is 62.5 Å². The Balaban J connectivity index is 1.31. The molecule has 2 fully saturated rings. The molecule has 1 saturated heterocycles. The molecule has 230 valence electrons. The number of carbonyl (C=O) groups excluding carboxylic acids is 1. The highest BCUT2D eigenvalue weighted by molar-refractivity contribution is 5.93. The van der Waals surface area contributed by atoms with Gasteiger partial charge in [-0.05, 0) is 76.7 Å². The molecule has 0 aromatic rings. The van der Waals surface area contributed by atoms with Crippen LogP contribution in [-0.2, 0) is 14.3 Å². The van der Waals surface area contributed by atoms with E-state index in [1.54, 1.807) is 6.08 Å². The van der Waals surface area contributed by atoms with Crippen LogP contribution in [0.2, 0.25) is 0 Å². The fourth-order valence-electron chi connectivity index (χ4n) is 7.16. The average molecular weight is 585 g/mol. The van der Waals surface area contributed by atoms with Gasteiger partial charge in [0.15, 0.2) is 0 Å². The molecule has 0 bridgehead atoms. The van der Waals surface area contributed by atoms with Crippen LogP contribution < -0.4 is 0 Å². The summed E-state index contributed by atoms with van der Waals surface area (Å²) in [4.78, 5) is 12.5. The summed E-state index contributed by atoms with van der Waals surface area (Å²) in [6.45, 7) is 16.6. The molecule has 4 unspecified atom stereocenters. The van der Waals surface area contributed by atoms with E-state index in [2.05, 4.69) is 59.5 Å². The summed E-state index contributed by atoms with van der Waals surface area (Å²) in [5.41, 5.74) is 3.81. The van der Waals surface area contributed by atoms with Crippen molar-refractivity contribution in [1.82, 2.24) is 0 Å². The Labute approximate surface area is 258 Å². The lowest BCUT2D eigenvalue weighted by Crippen LogP contribution is -2.46. The third-order valence-corrected chi connectivity index (χ3v) is 9.17. The van der Waals surface area contributed by atoms with Crippen molar-refractivity contribution in [3.63, 3.8) is 0 Å². The normalized spacial score (nSPS) is 33.2. The van der Waals surface area contributed by atoms with Crippen molar-refractivity contribution >= 4 is 5.97 Å². The molecule has 2 N–H and O–H groups in total. The Morgan fingerprint density at radius 2 is 1.70 bits per heavy atom. The van der Waals surface area contributed by atoms with Crippen molar-refractivity contribution in [2.75, 3.05) is 0 Å². The monoisotopic (exact) mass is 584 g/mol. The van der Waals surface area contributed by atoms with Crippen molar-refractivity contribution in [3.05, 3.63) is 94.4 Å². The lowest BCUT2D eigenvalue weighted by atomic mass is 9.63. The summed E-state index contributed by atoms with van der Waals surface area (Å²) in [6, 6.07) is 0. The highest BCUT2D eigenvalue weighted by atomic mass is 16.6. The molecule has 5 heteroatoms. The number of aliphatic hydroxyl groups excluding tert-OH is 2. The Kier molecular flexibility index (Phi) is 9.47. The van der Waals surface area contributed by atoms with E-state index in [1.165, 1.54) is 5.57 Å². The Morgan fingerprint density at radius 3 is 2.37 bits per heavy atom. The second kappa shape index (κ2) is 12.4. The van der Waals surface area contributed by atoms with Crippen molar-refractivity contribution in [2.45, 2.75) is 111 Å². The van der Waals surface area contributed by atoms with Gasteiger partial charge >= 0.3 is 5.97 Å². The standard InChI is InChI=1S/C38H48O5/c1-26(17-18-33-28(3)21-30(39)23-35(33,4)5)14-11-9-10-12-15-27(2)20-32-22-29(34(41)42-32)16-13-19-38-36(6,7)24-31(40)25-37(38,8)43-38/h9-15,19-20,22,30-31,39-40H,16,21,23-25H2,1-8H3. The first kappa shape index (κ1) is 32.7. The number of ether oxygens (including phenoxy) is 2. The highest BCUT2D eigenvalue weighted by Crippen LogP contribution is 2.66. The van der Waals surface area contributed by atoms with Crippen molar-refractivity contribution in [1.29, 1.82) is 0 Å². The van der Waals surface area contributed by atoms with Crippen molar-refractivity contribution in [3.8, 4) is 11.8 Å². The second-order valence-electron chi connectivity index (χ2n) is 14.1. The third kappa shape index (κ3) is 7.32. The number of epoxide rings is 1. The van der Waals surface area contributed by atoms with Crippen LogP contribution in [0.3, 0.4) is 0 Å². The Morgan fingerprint density at radius 1 is 1.00 bits per heavy atom. The van der Waals surface area contributed by atoms with Crippen LogP contribution in [0.4, 0.5) is 0 Å². The minimum Gasteiger partial charge on any atom is -0.423 e. The summed E-state index contributed by atoms with van der Waals surface area (Å²) in [5.74, 6) is 6.83. The van der Waals surface area contributed by atoms with Crippen LogP contribution in [0.1, 0.15) is 87.5 Å². The molecule has 2 heterocycles. The molecule has 1 saturated carbocycles. The number of allylic oxidation sites excluding steroid dienone is 12. The number of rotatable bonds is 7. The molecule has 43 heavy (non-hydrogen) atoms. The smallest absolute Gasteiger partial charge is 0.339 e. The van der Waals surface area contributed by atoms with E-state index in [0.29, 0.717) is 37.0 Å². The van der Waals surface area contributed by atoms with E-state index in [4.69, 9.17) is 9.47 Å². The van der Waals surface area contributed by atoms with Gasteiger partial charge in [0.25, 0.3) is 0 Å². The van der Waals surface area contributed by atoms with Gasteiger partial charge in [0, 0.05) is 28.4 Å². The first-order valence-corrected chi connectivity index (χ1v) is 15.4. The molecule has 0 aromatic carbocycles. The molecule has 2 aliphatic carbocycles. The summed E-state index contributed by atoms with van der Waals surface area (Å²) >= 11 is 0. The zero-order valence-electron chi connectivity index (χ0n) is 27.1. The molecule has 0 spiro atoms. The third-order valence-electron chi connectivity index (χ3n) is 9.17. The van der Waals surface area contributed by atoms with E-state index in [0.717, 1.165) is 23.1 Å². The van der Waals surface area contributed by atoms with Gasteiger partial charge in [0.2, 0.25) is 0 Å². The molecular formula is C38H48O5. The van der Waals surface area contributed by atoms with Crippen LogP contribution in [0.5, 0.6) is 0 Å². The molecule has 0 aromatic heterocycles. The van der Waals surface area contributed by atoms with E-state index >= 15 is 0 Å². The van der Waals surface area contributed by atoms with Gasteiger partial charge < -0.3 is 19.7 Å². The summed E-state index contributed by atoms with van der Waals surface area (Å²) in [6.07, 6.45) is 22.1. The maximum Gasteiger partial charge on any atom is 0.339 e. The number of esters is 1. The van der Waals surface area contributed by atoms with E-state index in [-0.39, 0.29) is 34.6 Å². The number of hydrogen-bond donors (Lipinski definition) is 2. The molecular weight excluding hydrogens is 536 g/mol. The lowest BCUT2D eigenvalue weighted by Gasteiger charge is -2.39. The maximum absolute atomic E-state index is 12.5. The number of cyclic esters (lactones) is 1. The van der Waals surface area contributed by atoms with Gasteiger partial charge in [0.1, 0.15) is 17.0 Å². The van der Waals surface area contributed by atoms with Crippen LogP contribution in [0.25, 0.3) is 0 Å². The fourth-order valence-corrected chi connectivity index (χ4v) is 7.16. The Bertz CT molecular complexity index is 1440.